The highest BCUT2D eigenvalue weighted by Crippen LogP contribution is 2.12. The van der Waals surface area contributed by atoms with E-state index < -0.39 is 5.97 Å². The van der Waals surface area contributed by atoms with Crippen LogP contribution in [0.5, 0.6) is 0 Å². The van der Waals surface area contributed by atoms with Gasteiger partial charge in [-0.05, 0) is 12.1 Å². The third kappa shape index (κ3) is 2.05. The number of carbonyl (C=O) groups excluding carboxylic acids is 1. The fourth-order valence-electron chi connectivity index (χ4n) is 1.46. The first-order valence-corrected chi connectivity index (χ1v) is 5.09. The van der Waals surface area contributed by atoms with E-state index in [9.17, 15) is 9.59 Å². The molecule has 2 aromatic rings. The van der Waals surface area contributed by atoms with E-state index in [1.807, 2.05) is 0 Å². The van der Waals surface area contributed by atoms with Gasteiger partial charge in [-0.25, -0.2) is 9.48 Å². The maximum absolute atomic E-state index is 11.4. The van der Waals surface area contributed by atoms with E-state index in [0.29, 0.717) is 5.69 Å². The van der Waals surface area contributed by atoms with E-state index in [-0.39, 0.29) is 17.2 Å². The van der Waals surface area contributed by atoms with Gasteiger partial charge >= 0.3 is 5.97 Å². The van der Waals surface area contributed by atoms with Crippen LogP contribution in [0.2, 0.25) is 0 Å². The second kappa shape index (κ2) is 4.66. The van der Waals surface area contributed by atoms with Crippen molar-refractivity contribution in [2.75, 3.05) is 7.05 Å². The first-order valence-electron chi connectivity index (χ1n) is 5.09. The lowest BCUT2D eigenvalue weighted by molar-refractivity contribution is 0.0696. The molecule has 0 fully saturated rings. The molecule has 0 radical (unpaired) electrons. The molecule has 7 heteroatoms. The third-order valence-electron chi connectivity index (χ3n) is 2.32. The summed E-state index contributed by atoms with van der Waals surface area (Å²) in [6, 6.07) is 3.02. The molecule has 2 aromatic heterocycles. The van der Waals surface area contributed by atoms with Gasteiger partial charge in [0.05, 0.1) is 5.69 Å². The van der Waals surface area contributed by atoms with Crippen LogP contribution in [0.15, 0.2) is 30.7 Å². The first kappa shape index (κ1) is 11.8. The fourth-order valence-corrected chi connectivity index (χ4v) is 1.46. The minimum absolute atomic E-state index is 0.0176. The number of aromatic nitrogens is 3. The predicted molar refractivity (Wildman–Crippen MR) is 61.7 cm³/mol. The Hall–Kier alpha value is -2.70. The van der Waals surface area contributed by atoms with Crippen molar-refractivity contribution in [1.29, 1.82) is 0 Å². The van der Waals surface area contributed by atoms with Gasteiger partial charge in [0.1, 0.15) is 5.56 Å². The molecular formula is C11H10N4O3. The van der Waals surface area contributed by atoms with E-state index >= 15 is 0 Å². The Bertz CT molecular complexity index is 606. The van der Waals surface area contributed by atoms with Gasteiger partial charge in [0.25, 0.3) is 5.91 Å². The van der Waals surface area contributed by atoms with Crippen LogP contribution in [0.1, 0.15) is 20.8 Å². The number of hydrogen-bond acceptors (Lipinski definition) is 4. The minimum Gasteiger partial charge on any atom is -0.478 e. The average Bonchev–Trinajstić information content (AvgIpc) is 2.87. The summed E-state index contributed by atoms with van der Waals surface area (Å²) in [6.07, 6.45) is 4.22. The summed E-state index contributed by atoms with van der Waals surface area (Å²) in [5.74, 6) is -1.44. The molecule has 0 spiro atoms. The van der Waals surface area contributed by atoms with Crippen molar-refractivity contribution in [3.63, 3.8) is 0 Å². The normalized spacial score (nSPS) is 10.1. The number of aromatic carboxylic acids is 1. The Morgan fingerprint density at radius 2 is 2.17 bits per heavy atom. The summed E-state index contributed by atoms with van der Waals surface area (Å²) in [5.41, 5.74) is 0.586. The zero-order valence-electron chi connectivity index (χ0n) is 9.49. The van der Waals surface area contributed by atoms with E-state index in [2.05, 4.69) is 15.4 Å². The second-order valence-electron chi connectivity index (χ2n) is 3.42. The number of pyridine rings is 1. The van der Waals surface area contributed by atoms with Gasteiger partial charge in [-0.15, -0.1) is 0 Å². The molecule has 2 heterocycles. The largest absolute Gasteiger partial charge is 0.478 e. The zero-order chi connectivity index (χ0) is 13.1. The molecule has 0 aliphatic heterocycles. The number of nitrogens with zero attached hydrogens (tertiary/aromatic N) is 3. The number of carboxylic acids is 1. The third-order valence-corrected chi connectivity index (χ3v) is 2.32. The monoisotopic (exact) mass is 246 g/mol. The molecule has 1 amide bonds. The van der Waals surface area contributed by atoms with Gasteiger partial charge in [0, 0.05) is 25.6 Å². The van der Waals surface area contributed by atoms with Crippen molar-refractivity contribution in [3.05, 3.63) is 42.0 Å². The van der Waals surface area contributed by atoms with Crippen LogP contribution in [0, 0.1) is 0 Å². The van der Waals surface area contributed by atoms with E-state index in [1.54, 1.807) is 0 Å². The Kier molecular flexibility index (Phi) is 3.05. The van der Waals surface area contributed by atoms with E-state index in [1.165, 1.54) is 42.5 Å². The number of rotatable bonds is 3. The molecule has 0 aromatic carbocycles. The summed E-state index contributed by atoms with van der Waals surface area (Å²) in [6.45, 7) is 0. The van der Waals surface area contributed by atoms with Crippen molar-refractivity contribution in [3.8, 4) is 5.69 Å². The van der Waals surface area contributed by atoms with Crippen LogP contribution in [-0.4, -0.2) is 38.8 Å². The lowest BCUT2D eigenvalue weighted by Gasteiger charge is -2.04. The number of amides is 1. The summed E-state index contributed by atoms with van der Waals surface area (Å²) in [5, 5.41) is 15.5. The van der Waals surface area contributed by atoms with Crippen LogP contribution >= 0.6 is 0 Å². The molecule has 0 aliphatic rings. The Morgan fingerprint density at radius 1 is 1.39 bits per heavy atom. The summed E-state index contributed by atoms with van der Waals surface area (Å²) in [7, 11) is 1.50. The predicted octanol–water partition coefficient (Wildman–Crippen LogP) is 0.325. The number of carbonyl (C=O) groups is 2. The summed E-state index contributed by atoms with van der Waals surface area (Å²) in [4.78, 5) is 26.1. The van der Waals surface area contributed by atoms with Gasteiger partial charge in [0.2, 0.25) is 0 Å². The van der Waals surface area contributed by atoms with Crippen molar-refractivity contribution in [1.82, 2.24) is 20.1 Å². The van der Waals surface area contributed by atoms with Gasteiger partial charge in [-0.3, -0.25) is 9.78 Å². The SMILES string of the molecule is CNC(=O)c1ccn(-c2ccncc2C(=O)O)n1. The quantitative estimate of drug-likeness (QED) is 0.813. The standard InChI is InChI=1S/C11H10N4O3/c1-12-10(16)8-3-5-15(14-8)9-2-4-13-6-7(9)11(17)18/h2-6H,1H3,(H,12,16)(H,17,18). The van der Waals surface area contributed by atoms with Gasteiger partial charge < -0.3 is 10.4 Å². The molecule has 0 aliphatic carbocycles. The molecule has 2 N–H and O–H groups in total. The van der Waals surface area contributed by atoms with Crippen molar-refractivity contribution < 1.29 is 14.7 Å². The summed E-state index contributed by atoms with van der Waals surface area (Å²) < 4.78 is 1.33. The molecule has 7 nitrogen and oxygen atoms in total. The summed E-state index contributed by atoms with van der Waals surface area (Å²) >= 11 is 0. The van der Waals surface area contributed by atoms with Crippen molar-refractivity contribution >= 4 is 11.9 Å². The Labute approximate surface area is 102 Å². The highest BCUT2D eigenvalue weighted by molar-refractivity contribution is 5.93. The molecule has 92 valence electrons. The smallest absolute Gasteiger partial charge is 0.339 e. The van der Waals surface area contributed by atoms with Gasteiger partial charge in [-0.2, -0.15) is 5.10 Å². The lowest BCUT2D eigenvalue weighted by atomic mass is 10.2. The first-order chi connectivity index (χ1) is 8.63. The van der Waals surface area contributed by atoms with Crippen molar-refractivity contribution in [2.45, 2.75) is 0 Å². The van der Waals surface area contributed by atoms with Gasteiger partial charge in [-0.1, -0.05) is 0 Å². The lowest BCUT2D eigenvalue weighted by Crippen LogP contribution is -2.18. The second-order valence-corrected chi connectivity index (χ2v) is 3.42. The number of hydrogen-bond donors (Lipinski definition) is 2. The molecule has 18 heavy (non-hydrogen) atoms. The van der Waals surface area contributed by atoms with Crippen molar-refractivity contribution in [2.24, 2.45) is 0 Å². The highest BCUT2D eigenvalue weighted by atomic mass is 16.4. The minimum atomic E-state index is -1.10. The van der Waals surface area contributed by atoms with Crippen LogP contribution in [0.25, 0.3) is 5.69 Å². The maximum atomic E-state index is 11.4. The average molecular weight is 246 g/mol. The molecule has 0 saturated carbocycles. The molecule has 0 saturated heterocycles. The van der Waals surface area contributed by atoms with Crippen LogP contribution in [-0.2, 0) is 0 Å². The Morgan fingerprint density at radius 3 is 2.83 bits per heavy atom. The maximum Gasteiger partial charge on any atom is 0.339 e. The van der Waals surface area contributed by atoms with Gasteiger partial charge in [0.15, 0.2) is 5.69 Å². The highest BCUT2D eigenvalue weighted by Gasteiger charge is 2.14. The van der Waals surface area contributed by atoms with Crippen LogP contribution < -0.4 is 5.32 Å². The molecule has 0 atom stereocenters. The van der Waals surface area contributed by atoms with E-state index in [0.717, 1.165) is 0 Å². The fraction of sp³-hybridized carbons (Fsp3) is 0.0909. The number of nitrogens with one attached hydrogen (secondary N) is 1. The zero-order valence-corrected chi connectivity index (χ0v) is 9.49. The Balaban J connectivity index is 2.46. The molecular weight excluding hydrogens is 236 g/mol. The van der Waals surface area contributed by atoms with Crippen LogP contribution in [0.4, 0.5) is 0 Å². The molecule has 0 unspecified atom stereocenters. The topological polar surface area (TPSA) is 97.1 Å². The van der Waals surface area contributed by atoms with E-state index in [4.69, 9.17) is 5.11 Å². The molecule has 2 rings (SSSR count). The number of carboxylic acid groups (broad SMARTS) is 1. The van der Waals surface area contributed by atoms with Crippen LogP contribution in [0.3, 0.4) is 0 Å². The molecule has 0 bridgehead atoms.